The number of rotatable bonds is 5. The Morgan fingerprint density at radius 1 is 1.03 bits per heavy atom. The van der Waals surface area contributed by atoms with Gasteiger partial charge in [-0.25, -0.2) is 9.37 Å². The van der Waals surface area contributed by atoms with Crippen LogP contribution in [0.5, 0.6) is 11.5 Å². The molecule has 1 aliphatic rings. The molecular weight excluding hydrogens is 417 g/mol. The number of carbonyl (C=O) groups excluding carboxylic acids is 1. The van der Waals surface area contributed by atoms with Gasteiger partial charge in [0.2, 0.25) is 0 Å². The molecular formula is C27H26FN3O2. The molecule has 168 valence electrons. The predicted octanol–water partition coefficient (Wildman–Crippen LogP) is 7.10. The highest BCUT2D eigenvalue weighted by atomic mass is 19.1. The fourth-order valence-electron chi connectivity index (χ4n) is 4.34. The molecule has 0 unspecified atom stereocenters. The number of aromatic nitrogens is 2. The Balaban J connectivity index is 1.50. The van der Waals surface area contributed by atoms with E-state index >= 15 is 0 Å². The van der Waals surface area contributed by atoms with Crippen molar-refractivity contribution in [2.24, 2.45) is 0 Å². The summed E-state index contributed by atoms with van der Waals surface area (Å²) in [5.41, 5.74) is 3.78. The number of aromatic amines is 1. The second kappa shape index (κ2) is 9.06. The Bertz CT molecular complexity index is 1270. The molecule has 0 saturated heterocycles. The zero-order valence-electron chi connectivity index (χ0n) is 18.5. The molecule has 1 saturated carbocycles. The monoisotopic (exact) mass is 443 g/mol. The van der Waals surface area contributed by atoms with Gasteiger partial charge in [-0.2, -0.15) is 0 Å². The van der Waals surface area contributed by atoms with Crippen molar-refractivity contribution in [1.29, 1.82) is 0 Å². The minimum atomic E-state index is -0.337. The molecule has 1 aliphatic carbocycles. The van der Waals surface area contributed by atoms with Crippen LogP contribution in [0.4, 0.5) is 10.1 Å². The van der Waals surface area contributed by atoms with Crippen LogP contribution in [-0.4, -0.2) is 15.9 Å². The summed E-state index contributed by atoms with van der Waals surface area (Å²) in [6.07, 6.45) is 5.99. The van der Waals surface area contributed by atoms with E-state index in [1.54, 1.807) is 24.3 Å². The number of ether oxygens (including phenoxy) is 1. The van der Waals surface area contributed by atoms with Crippen LogP contribution in [0.15, 0.2) is 60.7 Å². The summed E-state index contributed by atoms with van der Waals surface area (Å²) in [5.74, 6) is 1.79. The molecule has 0 spiro atoms. The van der Waals surface area contributed by atoms with E-state index in [9.17, 15) is 9.18 Å². The standard InChI is InChI=1S/C27H26FN3O2/c1-17-7-9-19(10-8-17)27(32)31-24-15-22-23(30-26(29-22)18-5-3-2-4-6-18)16-25(24)33-21-13-11-20(28)12-14-21/h7-16,18H,2-6H2,1H3,(H,29,30)(H,31,32). The summed E-state index contributed by atoms with van der Waals surface area (Å²) in [5, 5.41) is 2.97. The molecule has 0 aliphatic heterocycles. The van der Waals surface area contributed by atoms with Gasteiger partial charge in [-0.3, -0.25) is 4.79 Å². The van der Waals surface area contributed by atoms with Crippen molar-refractivity contribution in [2.75, 3.05) is 5.32 Å². The van der Waals surface area contributed by atoms with Gasteiger partial charge in [0.1, 0.15) is 17.4 Å². The van der Waals surface area contributed by atoms with Crippen molar-refractivity contribution in [3.63, 3.8) is 0 Å². The first-order chi connectivity index (χ1) is 16.0. The summed E-state index contributed by atoms with van der Waals surface area (Å²) in [6, 6.07) is 16.9. The average molecular weight is 444 g/mol. The molecule has 0 atom stereocenters. The lowest BCUT2D eigenvalue weighted by Gasteiger charge is -2.18. The average Bonchev–Trinajstić information content (AvgIpc) is 3.24. The van der Waals surface area contributed by atoms with Gasteiger partial charge < -0.3 is 15.0 Å². The number of halogens is 1. The van der Waals surface area contributed by atoms with Gasteiger partial charge in [0.05, 0.1) is 16.7 Å². The first-order valence-corrected chi connectivity index (χ1v) is 11.4. The molecule has 3 aromatic carbocycles. The quantitative estimate of drug-likeness (QED) is 0.346. The highest BCUT2D eigenvalue weighted by Gasteiger charge is 2.20. The maximum absolute atomic E-state index is 13.4. The van der Waals surface area contributed by atoms with Crippen LogP contribution in [0.1, 0.15) is 59.8 Å². The molecule has 1 amide bonds. The zero-order valence-corrected chi connectivity index (χ0v) is 18.5. The number of hydrogen-bond acceptors (Lipinski definition) is 3. The lowest BCUT2D eigenvalue weighted by molar-refractivity contribution is 0.102. The predicted molar refractivity (Wildman–Crippen MR) is 128 cm³/mol. The van der Waals surface area contributed by atoms with Crippen LogP contribution in [-0.2, 0) is 0 Å². The Labute approximate surface area is 192 Å². The van der Waals surface area contributed by atoms with Crippen LogP contribution < -0.4 is 10.1 Å². The number of nitrogens with one attached hydrogen (secondary N) is 2. The maximum Gasteiger partial charge on any atom is 0.255 e. The number of carbonyl (C=O) groups is 1. The summed E-state index contributed by atoms with van der Waals surface area (Å²) in [6.45, 7) is 1.98. The van der Waals surface area contributed by atoms with Gasteiger partial charge in [0.25, 0.3) is 5.91 Å². The number of amides is 1. The summed E-state index contributed by atoms with van der Waals surface area (Å²) in [7, 11) is 0. The van der Waals surface area contributed by atoms with Gasteiger partial charge in [-0.15, -0.1) is 0 Å². The number of fused-ring (bicyclic) bond motifs is 1. The number of hydrogen-bond donors (Lipinski definition) is 2. The Kier molecular flexibility index (Phi) is 5.82. The topological polar surface area (TPSA) is 67.0 Å². The molecule has 0 radical (unpaired) electrons. The van der Waals surface area contributed by atoms with E-state index in [-0.39, 0.29) is 11.7 Å². The molecule has 33 heavy (non-hydrogen) atoms. The molecule has 1 fully saturated rings. The summed E-state index contributed by atoms with van der Waals surface area (Å²) < 4.78 is 19.4. The van der Waals surface area contributed by atoms with Crippen LogP contribution in [0.3, 0.4) is 0 Å². The van der Waals surface area contributed by atoms with Gasteiger partial charge >= 0.3 is 0 Å². The molecule has 4 aromatic rings. The second-order valence-corrected chi connectivity index (χ2v) is 8.70. The highest BCUT2D eigenvalue weighted by molar-refractivity contribution is 6.06. The van der Waals surface area contributed by atoms with Gasteiger partial charge in [0, 0.05) is 17.5 Å². The molecule has 5 rings (SSSR count). The summed E-state index contributed by atoms with van der Waals surface area (Å²) >= 11 is 0. The van der Waals surface area contributed by atoms with E-state index in [1.165, 1.54) is 31.4 Å². The van der Waals surface area contributed by atoms with Crippen LogP contribution in [0, 0.1) is 12.7 Å². The van der Waals surface area contributed by atoms with Gasteiger partial charge in [-0.05, 0) is 62.2 Å². The van der Waals surface area contributed by atoms with E-state index in [0.29, 0.717) is 28.7 Å². The Morgan fingerprint density at radius 3 is 2.48 bits per heavy atom. The number of nitrogens with zero attached hydrogens (tertiary/aromatic N) is 1. The smallest absolute Gasteiger partial charge is 0.255 e. The third kappa shape index (κ3) is 4.75. The fraction of sp³-hybridized carbons (Fsp3) is 0.259. The molecule has 2 N–H and O–H groups in total. The van der Waals surface area contributed by atoms with E-state index in [4.69, 9.17) is 9.72 Å². The van der Waals surface area contributed by atoms with E-state index in [2.05, 4.69) is 10.3 Å². The van der Waals surface area contributed by atoms with Crippen molar-refractivity contribution >= 4 is 22.6 Å². The first kappa shape index (κ1) is 21.2. The van der Waals surface area contributed by atoms with Gasteiger partial charge in [-0.1, -0.05) is 37.0 Å². The van der Waals surface area contributed by atoms with E-state index in [1.807, 2.05) is 31.2 Å². The normalized spacial score (nSPS) is 14.4. The molecule has 1 heterocycles. The molecule has 6 heteroatoms. The Morgan fingerprint density at radius 2 is 1.76 bits per heavy atom. The number of H-pyrrole nitrogens is 1. The van der Waals surface area contributed by atoms with Crippen LogP contribution >= 0.6 is 0 Å². The molecule has 0 bridgehead atoms. The van der Waals surface area contributed by atoms with Crippen molar-refractivity contribution < 1.29 is 13.9 Å². The third-order valence-corrected chi connectivity index (χ3v) is 6.20. The zero-order chi connectivity index (χ0) is 22.8. The minimum Gasteiger partial charge on any atom is -0.455 e. The van der Waals surface area contributed by atoms with Gasteiger partial charge in [0.15, 0.2) is 5.75 Å². The third-order valence-electron chi connectivity index (χ3n) is 6.20. The van der Waals surface area contributed by atoms with Crippen LogP contribution in [0.25, 0.3) is 11.0 Å². The number of imidazole rings is 1. The minimum absolute atomic E-state index is 0.235. The van der Waals surface area contributed by atoms with Crippen molar-refractivity contribution in [2.45, 2.75) is 44.9 Å². The van der Waals surface area contributed by atoms with Crippen molar-refractivity contribution in [3.8, 4) is 11.5 Å². The summed E-state index contributed by atoms with van der Waals surface area (Å²) in [4.78, 5) is 21.2. The lowest BCUT2D eigenvalue weighted by atomic mass is 9.89. The lowest BCUT2D eigenvalue weighted by Crippen LogP contribution is -2.12. The fourth-order valence-corrected chi connectivity index (χ4v) is 4.34. The highest BCUT2D eigenvalue weighted by Crippen LogP contribution is 2.36. The molecule has 1 aromatic heterocycles. The first-order valence-electron chi connectivity index (χ1n) is 11.4. The van der Waals surface area contributed by atoms with Crippen molar-refractivity contribution in [3.05, 3.63) is 83.4 Å². The largest absolute Gasteiger partial charge is 0.455 e. The number of anilines is 1. The molecule has 5 nitrogen and oxygen atoms in total. The van der Waals surface area contributed by atoms with E-state index < -0.39 is 0 Å². The number of benzene rings is 3. The van der Waals surface area contributed by atoms with Crippen molar-refractivity contribution in [1.82, 2.24) is 9.97 Å². The SMILES string of the molecule is Cc1ccc(C(=O)Nc2cc3nc(C4CCCCC4)[nH]c3cc2Oc2ccc(F)cc2)cc1. The maximum atomic E-state index is 13.4. The second-order valence-electron chi connectivity index (χ2n) is 8.70. The Hall–Kier alpha value is -3.67. The van der Waals surface area contributed by atoms with Crippen LogP contribution in [0.2, 0.25) is 0 Å². The van der Waals surface area contributed by atoms with E-state index in [0.717, 1.165) is 35.3 Å². The number of aryl methyl sites for hydroxylation is 1.